The third-order valence-electron chi connectivity index (χ3n) is 5.36. The van der Waals surface area contributed by atoms with Crippen molar-refractivity contribution in [3.63, 3.8) is 0 Å². The molecule has 0 bridgehead atoms. The molecule has 1 unspecified atom stereocenters. The fraction of sp³-hybridized carbons (Fsp3) is 0.450. The summed E-state index contributed by atoms with van der Waals surface area (Å²) in [6.45, 7) is 5.13. The number of rotatable bonds is 4. The predicted octanol–water partition coefficient (Wildman–Crippen LogP) is 3.35. The van der Waals surface area contributed by atoms with Crippen LogP contribution in [0.2, 0.25) is 10.0 Å². The summed E-state index contributed by atoms with van der Waals surface area (Å²) < 4.78 is 0. The Morgan fingerprint density at radius 1 is 1.11 bits per heavy atom. The van der Waals surface area contributed by atoms with E-state index in [4.69, 9.17) is 23.2 Å². The lowest BCUT2D eigenvalue weighted by atomic mass is 9.94. The van der Waals surface area contributed by atoms with Gasteiger partial charge in [-0.25, -0.2) is 0 Å². The summed E-state index contributed by atoms with van der Waals surface area (Å²) in [5.41, 5.74) is 0.478. The molecule has 150 valence electrons. The minimum Gasteiger partial charge on any atom is -0.339 e. The molecule has 2 heterocycles. The van der Waals surface area contributed by atoms with Crippen LogP contribution in [0.1, 0.15) is 25.7 Å². The van der Waals surface area contributed by atoms with E-state index in [-0.39, 0.29) is 23.6 Å². The van der Waals surface area contributed by atoms with Gasteiger partial charge in [0, 0.05) is 30.6 Å². The minimum absolute atomic E-state index is 0.00875. The largest absolute Gasteiger partial charge is 0.339 e. The Balaban J connectivity index is 1.62. The highest BCUT2D eigenvalue weighted by Gasteiger charge is 2.38. The zero-order valence-corrected chi connectivity index (χ0v) is 17.0. The van der Waals surface area contributed by atoms with Gasteiger partial charge in [-0.05, 0) is 50.0 Å². The average molecular weight is 424 g/mol. The van der Waals surface area contributed by atoms with E-state index >= 15 is 0 Å². The monoisotopic (exact) mass is 423 g/mol. The fourth-order valence-electron chi connectivity index (χ4n) is 3.82. The summed E-state index contributed by atoms with van der Waals surface area (Å²) in [5.74, 6) is -0.523. The molecule has 3 rings (SSSR count). The molecule has 2 saturated heterocycles. The van der Waals surface area contributed by atoms with E-state index in [1.807, 2.05) is 0 Å². The zero-order valence-electron chi connectivity index (χ0n) is 15.5. The highest BCUT2D eigenvalue weighted by atomic mass is 35.5. The first-order valence-electron chi connectivity index (χ1n) is 9.38. The van der Waals surface area contributed by atoms with Crippen LogP contribution in [0, 0.1) is 5.92 Å². The van der Waals surface area contributed by atoms with E-state index < -0.39 is 6.04 Å². The van der Waals surface area contributed by atoms with Crippen LogP contribution >= 0.6 is 23.2 Å². The molecule has 0 saturated carbocycles. The summed E-state index contributed by atoms with van der Waals surface area (Å²) in [7, 11) is 0. The van der Waals surface area contributed by atoms with Gasteiger partial charge < -0.3 is 15.1 Å². The van der Waals surface area contributed by atoms with Gasteiger partial charge in [-0.3, -0.25) is 14.4 Å². The maximum atomic E-state index is 13.0. The van der Waals surface area contributed by atoms with Gasteiger partial charge in [-0.15, -0.1) is 0 Å². The summed E-state index contributed by atoms with van der Waals surface area (Å²) >= 11 is 12.0. The molecule has 1 N–H and O–H groups in total. The van der Waals surface area contributed by atoms with Crippen LogP contribution in [-0.4, -0.2) is 53.2 Å². The van der Waals surface area contributed by atoms with Crippen LogP contribution in [0.5, 0.6) is 0 Å². The molecule has 0 aliphatic carbocycles. The standard InChI is InChI=1S/C20H23Cl2N3O3/c1-2-18(26)24-10-7-13(8-11-24)20(28)25-9-3-4-17(25)19(27)23-16-6-5-14(21)12-15(16)22/h2,5-6,12-13,17H,1,3-4,7-11H2,(H,23,27). The number of anilines is 1. The zero-order chi connectivity index (χ0) is 20.3. The quantitative estimate of drug-likeness (QED) is 0.754. The van der Waals surface area contributed by atoms with E-state index in [0.717, 1.165) is 6.42 Å². The normalized spacial score (nSPS) is 20.1. The summed E-state index contributed by atoms with van der Waals surface area (Å²) in [6, 6.07) is 4.36. The molecular weight excluding hydrogens is 401 g/mol. The number of hydrogen-bond acceptors (Lipinski definition) is 3. The van der Waals surface area contributed by atoms with E-state index in [9.17, 15) is 14.4 Å². The Morgan fingerprint density at radius 3 is 2.46 bits per heavy atom. The molecule has 3 amide bonds. The molecule has 1 atom stereocenters. The third kappa shape index (κ3) is 4.50. The molecular formula is C20H23Cl2N3O3. The van der Waals surface area contributed by atoms with Crippen molar-refractivity contribution in [2.75, 3.05) is 25.0 Å². The summed E-state index contributed by atoms with van der Waals surface area (Å²) in [5, 5.41) is 3.65. The number of carbonyl (C=O) groups is 3. The third-order valence-corrected chi connectivity index (χ3v) is 5.91. The van der Waals surface area contributed by atoms with Gasteiger partial charge in [0.05, 0.1) is 10.7 Å². The Labute approximate surface area is 174 Å². The summed E-state index contributed by atoms with van der Waals surface area (Å²) in [4.78, 5) is 40.9. The van der Waals surface area contributed by atoms with Crippen molar-refractivity contribution in [3.05, 3.63) is 40.9 Å². The molecule has 8 heteroatoms. The smallest absolute Gasteiger partial charge is 0.247 e. The first-order chi connectivity index (χ1) is 13.4. The Bertz CT molecular complexity index is 791. The molecule has 1 aromatic rings. The maximum Gasteiger partial charge on any atom is 0.247 e. The number of piperidine rings is 1. The van der Waals surface area contributed by atoms with Gasteiger partial charge in [0.15, 0.2) is 0 Å². The van der Waals surface area contributed by atoms with Crippen molar-refractivity contribution in [1.29, 1.82) is 0 Å². The second-order valence-corrected chi connectivity index (χ2v) is 7.95. The van der Waals surface area contributed by atoms with Crippen LogP contribution in [0.4, 0.5) is 5.69 Å². The van der Waals surface area contributed by atoms with Crippen molar-refractivity contribution in [2.45, 2.75) is 31.7 Å². The van der Waals surface area contributed by atoms with Crippen LogP contribution in [0.15, 0.2) is 30.9 Å². The van der Waals surface area contributed by atoms with Crippen molar-refractivity contribution in [1.82, 2.24) is 9.80 Å². The number of halogens is 2. The molecule has 0 aromatic heterocycles. The molecule has 28 heavy (non-hydrogen) atoms. The number of benzene rings is 1. The molecule has 0 spiro atoms. The minimum atomic E-state index is -0.507. The molecule has 6 nitrogen and oxygen atoms in total. The fourth-order valence-corrected chi connectivity index (χ4v) is 4.28. The lowest BCUT2D eigenvalue weighted by Gasteiger charge is -2.34. The molecule has 1 aromatic carbocycles. The maximum absolute atomic E-state index is 13.0. The Kier molecular flexibility index (Phi) is 6.62. The highest BCUT2D eigenvalue weighted by molar-refractivity contribution is 6.36. The van der Waals surface area contributed by atoms with Crippen molar-refractivity contribution < 1.29 is 14.4 Å². The second kappa shape index (κ2) is 8.97. The predicted molar refractivity (Wildman–Crippen MR) is 109 cm³/mol. The molecule has 0 radical (unpaired) electrons. The van der Waals surface area contributed by atoms with Gasteiger partial charge >= 0.3 is 0 Å². The van der Waals surface area contributed by atoms with Gasteiger partial charge in [0.1, 0.15) is 6.04 Å². The summed E-state index contributed by atoms with van der Waals surface area (Å²) in [6.07, 6.45) is 3.91. The van der Waals surface area contributed by atoms with E-state index in [2.05, 4.69) is 11.9 Å². The number of likely N-dealkylation sites (tertiary alicyclic amines) is 2. The van der Waals surface area contributed by atoms with Gasteiger partial charge in [-0.2, -0.15) is 0 Å². The SMILES string of the molecule is C=CC(=O)N1CCC(C(=O)N2CCCC2C(=O)Nc2ccc(Cl)cc2Cl)CC1. The van der Waals surface area contributed by atoms with E-state index in [1.165, 1.54) is 6.08 Å². The highest BCUT2D eigenvalue weighted by Crippen LogP contribution is 2.29. The number of hydrogen-bond donors (Lipinski definition) is 1. The van der Waals surface area contributed by atoms with Crippen molar-refractivity contribution in [3.8, 4) is 0 Å². The Morgan fingerprint density at radius 2 is 1.82 bits per heavy atom. The second-order valence-electron chi connectivity index (χ2n) is 7.11. The topological polar surface area (TPSA) is 69.7 Å². The van der Waals surface area contributed by atoms with Gasteiger partial charge in [0.2, 0.25) is 17.7 Å². The van der Waals surface area contributed by atoms with E-state index in [0.29, 0.717) is 54.6 Å². The lowest BCUT2D eigenvalue weighted by molar-refractivity contribution is -0.142. The number of carbonyl (C=O) groups excluding carboxylic acids is 3. The first kappa shape index (κ1) is 20.7. The molecule has 2 aliphatic rings. The van der Waals surface area contributed by atoms with Crippen molar-refractivity contribution >= 4 is 46.6 Å². The van der Waals surface area contributed by atoms with E-state index in [1.54, 1.807) is 28.0 Å². The van der Waals surface area contributed by atoms with Crippen molar-refractivity contribution in [2.24, 2.45) is 5.92 Å². The van der Waals surface area contributed by atoms with Crippen LogP contribution in [0.25, 0.3) is 0 Å². The number of nitrogens with one attached hydrogen (secondary N) is 1. The molecule has 2 aliphatic heterocycles. The van der Waals surface area contributed by atoms with Crippen LogP contribution in [0.3, 0.4) is 0 Å². The number of amides is 3. The molecule has 2 fully saturated rings. The number of nitrogens with zero attached hydrogens (tertiary/aromatic N) is 2. The van der Waals surface area contributed by atoms with Crippen LogP contribution in [-0.2, 0) is 14.4 Å². The van der Waals surface area contributed by atoms with Gasteiger partial charge in [-0.1, -0.05) is 29.8 Å². The van der Waals surface area contributed by atoms with Crippen LogP contribution < -0.4 is 5.32 Å². The average Bonchev–Trinajstić information content (AvgIpc) is 3.19. The lowest BCUT2D eigenvalue weighted by Crippen LogP contribution is -2.48. The first-order valence-corrected chi connectivity index (χ1v) is 10.1. The van der Waals surface area contributed by atoms with Gasteiger partial charge in [0.25, 0.3) is 0 Å². The Hall–Kier alpha value is -2.05.